The number of benzene rings is 2. The molecule has 0 aromatic heterocycles. The van der Waals surface area contributed by atoms with Gasteiger partial charge in [-0.3, -0.25) is 52.7 Å². The Balaban J connectivity index is 1.71. The predicted octanol–water partition coefficient (Wildman–Crippen LogP) is -4.33. The number of amides is 9. The molecule has 0 saturated carbocycles. The molecular formula is C46H65N13O12S2. The molecule has 25 nitrogen and oxygen atoms in total. The molecule has 2 saturated heterocycles. The molecule has 0 aliphatic carbocycles. The Kier molecular flexibility index (Phi) is 24.0. The SMILES string of the molecule is NCCCC[C@H](NN1CCC[C@H]1C(=O)C(=O)[C@@H]1CSSC[C@H](N)C(=O)N[C@@H](Cc2ccc(O)cc2)C(=O)N[C@@H](Cc2ccccc2)C(=O)N[C@@H](CCC(N)=O)C(=O)N[C@@H](CC(N)=O)C(=O)N1)C(=O)NCC(N)=O. The Morgan fingerprint density at radius 3 is 1.88 bits per heavy atom. The normalized spacial score (nSPS) is 23.3. The average Bonchev–Trinajstić information content (AvgIpc) is 3.82. The molecule has 2 fully saturated rings. The number of unbranched alkanes of at least 4 members (excludes halogenated alkanes) is 1. The van der Waals surface area contributed by atoms with Crippen LogP contribution in [0.1, 0.15) is 62.5 Å². The highest BCUT2D eigenvalue weighted by atomic mass is 33.1. The van der Waals surface area contributed by atoms with Crippen molar-refractivity contribution < 1.29 is 57.8 Å². The molecule has 0 radical (unpaired) electrons. The molecular weight excluding hydrogens is 991 g/mol. The van der Waals surface area contributed by atoms with E-state index in [1.165, 1.54) is 29.3 Å². The van der Waals surface area contributed by atoms with Gasteiger partial charge in [0, 0.05) is 37.3 Å². The van der Waals surface area contributed by atoms with Crippen LogP contribution in [0.5, 0.6) is 5.75 Å². The molecule has 2 aliphatic heterocycles. The van der Waals surface area contributed by atoms with Gasteiger partial charge in [0.25, 0.3) is 0 Å². The average molecular weight is 1060 g/mol. The van der Waals surface area contributed by atoms with Crippen LogP contribution in [0.2, 0.25) is 0 Å². The summed E-state index contributed by atoms with van der Waals surface area (Å²) in [6.07, 6.45) is -0.181. The summed E-state index contributed by atoms with van der Waals surface area (Å²) in [6, 6.07) is 2.96. The Hall–Kier alpha value is -6.65. The van der Waals surface area contributed by atoms with E-state index in [2.05, 4.69) is 37.3 Å². The van der Waals surface area contributed by atoms with Crippen molar-refractivity contribution in [2.24, 2.45) is 28.7 Å². The number of phenolic OH excluding ortho intramolecular Hbond substituents is 1. The lowest BCUT2D eigenvalue weighted by atomic mass is 10.0. The molecule has 73 heavy (non-hydrogen) atoms. The van der Waals surface area contributed by atoms with Crippen LogP contribution in [0.25, 0.3) is 0 Å². The first-order valence-electron chi connectivity index (χ1n) is 23.5. The van der Waals surface area contributed by atoms with Crippen molar-refractivity contribution in [3.05, 3.63) is 65.7 Å². The van der Waals surface area contributed by atoms with Crippen LogP contribution in [0.3, 0.4) is 0 Å². The van der Waals surface area contributed by atoms with Gasteiger partial charge in [-0.15, -0.1) is 0 Å². The van der Waals surface area contributed by atoms with E-state index >= 15 is 0 Å². The number of hydrogen-bond acceptors (Lipinski definition) is 18. The Labute approximate surface area is 428 Å². The first kappa shape index (κ1) is 58.9. The smallest absolute Gasteiger partial charge is 0.243 e. The maximum atomic E-state index is 14.3. The number of hydrogen-bond donors (Lipinski definition) is 13. The van der Waals surface area contributed by atoms with Gasteiger partial charge in [-0.1, -0.05) is 70.5 Å². The molecule has 9 amide bonds. The standard InChI is InChI=1S/C46H65N13O12S2/c47-17-5-4-9-30(42(67)52-22-38(51)63)58-59-18-6-10-35(59)40(65)39(64)34-24-73-72-23-28(48)41(66)54-31(20-26-11-13-27(60)14-12-26)45(70)55-32(19-25-7-2-1-3-8-25)44(69)53-29(15-16-36(49)61)43(68)56-33(21-37(50)62)46(71)57-34/h1-3,7-8,11-14,28-35,58,60H,4-6,9-10,15-24,47-48H2,(H2,49,61)(H2,50,62)(H2,51,63)(H,52,67)(H,53,69)(H,54,66)(H,55,70)(H,56,68)(H,57,71)/t28-,29-,30-,31-,32-,33-,34-,35-/m0/s1. The van der Waals surface area contributed by atoms with Gasteiger partial charge in [0.2, 0.25) is 64.7 Å². The van der Waals surface area contributed by atoms with Crippen molar-refractivity contribution in [2.75, 3.05) is 31.1 Å². The molecule has 27 heteroatoms. The fourth-order valence-corrected chi connectivity index (χ4v) is 10.0. The highest BCUT2D eigenvalue weighted by molar-refractivity contribution is 8.76. The summed E-state index contributed by atoms with van der Waals surface area (Å²) in [4.78, 5) is 148. The van der Waals surface area contributed by atoms with Crippen molar-refractivity contribution in [3.63, 3.8) is 0 Å². The molecule has 2 heterocycles. The van der Waals surface area contributed by atoms with Gasteiger partial charge in [-0.2, -0.15) is 0 Å². The van der Waals surface area contributed by atoms with Crippen LogP contribution in [-0.4, -0.2) is 154 Å². The van der Waals surface area contributed by atoms with Gasteiger partial charge in [0.05, 0.1) is 25.0 Å². The number of rotatable bonds is 21. The van der Waals surface area contributed by atoms with Gasteiger partial charge in [0.15, 0.2) is 0 Å². The van der Waals surface area contributed by atoms with E-state index in [4.69, 9.17) is 28.7 Å². The number of nitrogens with zero attached hydrogens (tertiary/aromatic N) is 1. The molecule has 2 aromatic rings. The molecule has 8 atom stereocenters. The van der Waals surface area contributed by atoms with E-state index in [0.29, 0.717) is 36.9 Å². The number of ketones is 2. The number of hydrazine groups is 1. The molecule has 398 valence electrons. The van der Waals surface area contributed by atoms with Crippen molar-refractivity contribution in [1.29, 1.82) is 0 Å². The minimum atomic E-state index is -1.82. The fourth-order valence-electron chi connectivity index (χ4n) is 7.74. The lowest BCUT2D eigenvalue weighted by Crippen LogP contribution is -2.61. The lowest BCUT2D eigenvalue weighted by molar-refractivity contribution is -0.142. The molecule has 0 spiro atoms. The van der Waals surface area contributed by atoms with Crippen LogP contribution in [0, 0.1) is 0 Å². The molecule has 0 bridgehead atoms. The summed E-state index contributed by atoms with van der Waals surface area (Å²) in [5.74, 6) is -10.8. The minimum absolute atomic E-state index is 0.0608. The summed E-state index contributed by atoms with van der Waals surface area (Å²) >= 11 is 0. The van der Waals surface area contributed by atoms with Gasteiger partial charge in [-0.05, 0) is 61.9 Å². The number of nitrogens with two attached hydrogens (primary N) is 5. The second-order valence-electron chi connectivity index (χ2n) is 17.4. The number of Topliss-reactive ketones (excluding diaryl/α,β-unsaturated/α-hetero) is 2. The van der Waals surface area contributed by atoms with Crippen LogP contribution in [0.15, 0.2) is 54.6 Å². The maximum Gasteiger partial charge on any atom is 0.243 e. The second kappa shape index (κ2) is 29.8. The van der Waals surface area contributed by atoms with E-state index in [1.807, 2.05) is 0 Å². The van der Waals surface area contributed by atoms with Gasteiger partial charge in [0.1, 0.15) is 42.0 Å². The van der Waals surface area contributed by atoms with E-state index in [9.17, 15) is 57.8 Å². The largest absolute Gasteiger partial charge is 0.508 e. The highest BCUT2D eigenvalue weighted by Gasteiger charge is 2.41. The van der Waals surface area contributed by atoms with Crippen LogP contribution < -0.4 is 66.0 Å². The number of carbonyl (C=O) groups excluding carboxylic acids is 11. The first-order valence-corrected chi connectivity index (χ1v) is 26.0. The summed E-state index contributed by atoms with van der Waals surface area (Å²) in [6.45, 7) is 0.104. The summed E-state index contributed by atoms with van der Waals surface area (Å²) in [5, 5.41) is 26.4. The van der Waals surface area contributed by atoms with Crippen molar-refractivity contribution in [2.45, 2.75) is 113 Å². The zero-order chi connectivity index (χ0) is 53.6. The second-order valence-corrected chi connectivity index (χ2v) is 20.0. The molecule has 2 aliphatic rings. The molecule has 4 rings (SSSR count). The van der Waals surface area contributed by atoms with Crippen molar-refractivity contribution in [1.82, 2.24) is 42.3 Å². The van der Waals surface area contributed by atoms with Crippen LogP contribution in [0.4, 0.5) is 0 Å². The summed E-state index contributed by atoms with van der Waals surface area (Å²) in [7, 11) is 1.92. The Morgan fingerprint density at radius 1 is 0.685 bits per heavy atom. The third-order valence-electron chi connectivity index (χ3n) is 11.6. The first-order chi connectivity index (χ1) is 34.8. The number of carbonyl (C=O) groups is 11. The molecule has 0 unspecified atom stereocenters. The third kappa shape index (κ3) is 19.7. The van der Waals surface area contributed by atoms with E-state index < -0.39 is 139 Å². The molecule has 18 N–H and O–H groups in total. The van der Waals surface area contributed by atoms with Crippen LogP contribution >= 0.6 is 21.6 Å². The predicted molar refractivity (Wildman–Crippen MR) is 269 cm³/mol. The quantitative estimate of drug-likeness (QED) is 0.0319. The highest BCUT2D eigenvalue weighted by Crippen LogP contribution is 2.25. The summed E-state index contributed by atoms with van der Waals surface area (Å²) < 4.78 is 0. The number of phenols is 1. The van der Waals surface area contributed by atoms with Crippen molar-refractivity contribution in [3.8, 4) is 5.75 Å². The van der Waals surface area contributed by atoms with Crippen LogP contribution in [-0.2, 0) is 65.6 Å². The van der Waals surface area contributed by atoms with Gasteiger partial charge >= 0.3 is 0 Å². The van der Waals surface area contributed by atoms with Gasteiger partial charge < -0.3 is 65.7 Å². The van der Waals surface area contributed by atoms with Gasteiger partial charge in [-0.25, -0.2) is 10.4 Å². The lowest BCUT2D eigenvalue weighted by Gasteiger charge is -2.30. The van der Waals surface area contributed by atoms with E-state index in [-0.39, 0.29) is 49.5 Å². The monoisotopic (exact) mass is 1060 g/mol. The van der Waals surface area contributed by atoms with E-state index in [0.717, 1.165) is 21.6 Å². The minimum Gasteiger partial charge on any atom is -0.508 e. The van der Waals surface area contributed by atoms with E-state index in [1.54, 1.807) is 30.3 Å². The third-order valence-corrected chi connectivity index (χ3v) is 14.1. The zero-order valence-corrected chi connectivity index (χ0v) is 41.6. The number of aromatic hydroxyl groups is 1. The summed E-state index contributed by atoms with van der Waals surface area (Å²) in [5.41, 5.74) is 32.2. The zero-order valence-electron chi connectivity index (χ0n) is 40.0. The fraction of sp³-hybridized carbons (Fsp3) is 0.500. The molecule has 2 aromatic carbocycles. The maximum absolute atomic E-state index is 14.3. The number of nitrogens with one attached hydrogen (secondary N) is 7. The van der Waals surface area contributed by atoms with Crippen molar-refractivity contribution >= 4 is 86.3 Å². The Morgan fingerprint density at radius 2 is 1.26 bits per heavy atom. The topological polar surface area (TPSA) is 426 Å². The Bertz CT molecular complexity index is 2300. The number of primary amides is 3.